The van der Waals surface area contributed by atoms with Gasteiger partial charge in [-0.3, -0.25) is 19.2 Å². The largest absolute Gasteiger partial charge is 0.464 e. The highest BCUT2D eigenvalue weighted by Gasteiger charge is 2.35. The predicted molar refractivity (Wildman–Crippen MR) is 131 cm³/mol. The molecule has 8 nitrogen and oxygen atoms in total. The average molecular weight is 484 g/mol. The number of amides is 1. The summed E-state index contributed by atoms with van der Waals surface area (Å²) in [6, 6.07) is -0.841. The minimum atomic E-state index is -0.979. The van der Waals surface area contributed by atoms with Crippen LogP contribution in [0.3, 0.4) is 0 Å². The molecule has 0 bridgehead atoms. The van der Waals surface area contributed by atoms with Crippen LogP contribution in [0.2, 0.25) is 0 Å². The number of allylic oxidation sites excluding steroid dienone is 2. The molecule has 0 spiro atoms. The van der Waals surface area contributed by atoms with Gasteiger partial charge in [-0.1, -0.05) is 51.2 Å². The molecule has 0 aliphatic rings. The first-order valence-electron chi connectivity index (χ1n) is 12.6. The fraction of sp³-hybridized carbons (Fsp3) is 0.769. The van der Waals surface area contributed by atoms with Gasteiger partial charge in [0, 0.05) is 27.7 Å². The average Bonchev–Trinajstić information content (AvgIpc) is 2.74. The molecule has 0 rings (SSSR count). The summed E-state index contributed by atoms with van der Waals surface area (Å²) in [6.45, 7) is 7.09. The molecule has 0 aromatic rings. The zero-order valence-electron chi connectivity index (χ0n) is 21.7. The van der Waals surface area contributed by atoms with E-state index in [2.05, 4.69) is 24.4 Å². The fourth-order valence-electron chi connectivity index (χ4n) is 3.68. The zero-order valence-corrected chi connectivity index (χ0v) is 21.7. The molecule has 0 heterocycles. The molecular weight excluding hydrogens is 438 g/mol. The molecule has 1 amide bonds. The van der Waals surface area contributed by atoms with Crippen LogP contribution < -0.4 is 5.32 Å². The van der Waals surface area contributed by atoms with Crippen LogP contribution in [-0.4, -0.2) is 48.7 Å². The molecule has 0 fully saturated rings. The molecule has 0 aliphatic carbocycles. The standard InChI is InChI=1S/C26H45NO7/c1-6-7-8-9-10-11-12-13-14-15-16-17-18-25(33-22(4)30)26(34-23(5)31)24(27-20(2)28)19-32-21(3)29/h13-14,24-26H,6-12,15-19H2,1-5H3,(H,27,28)/t24-,25+,26-/m0/s1. The van der Waals surface area contributed by atoms with Gasteiger partial charge < -0.3 is 19.5 Å². The van der Waals surface area contributed by atoms with E-state index in [1.165, 1.54) is 66.2 Å². The number of carbonyl (C=O) groups excluding carboxylic acids is 4. The van der Waals surface area contributed by atoms with E-state index >= 15 is 0 Å². The van der Waals surface area contributed by atoms with Crippen LogP contribution >= 0.6 is 0 Å². The van der Waals surface area contributed by atoms with Gasteiger partial charge in [-0.05, 0) is 38.5 Å². The van der Waals surface area contributed by atoms with Gasteiger partial charge in [0.05, 0.1) is 0 Å². The Morgan fingerprint density at radius 2 is 1.29 bits per heavy atom. The van der Waals surface area contributed by atoms with Gasteiger partial charge in [-0.15, -0.1) is 0 Å². The van der Waals surface area contributed by atoms with Gasteiger partial charge in [0.25, 0.3) is 0 Å². The lowest BCUT2D eigenvalue weighted by molar-refractivity contribution is -0.171. The first kappa shape index (κ1) is 31.6. The van der Waals surface area contributed by atoms with E-state index in [-0.39, 0.29) is 12.5 Å². The maximum absolute atomic E-state index is 11.8. The Morgan fingerprint density at radius 1 is 0.735 bits per heavy atom. The summed E-state index contributed by atoms with van der Waals surface area (Å²) in [7, 11) is 0. The number of hydrogen-bond acceptors (Lipinski definition) is 7. The van der Waals surface area contributed by atoms with Crippen molar-refractivity contribution in [3.05, 3.63) is 12.2 Å². The van der Waals surface area contributed by atoms with Gasteiger partial charge in [0.15, 0.2) is 6.10 Å². The van der Waals surface area contributed by atoms with Crippen molar-refractivity contribution in [2.75, 3.05) is 6.61 Å². The second kappa shape index (κ2) is 20.0. The third-order valence-electron chi connectivity index (χ3n) is 5.24. The van der Waals surface area contributed by atoms with Crippen molar-refractivity contribution in [1.29, 1.82) is 0 Å². The smallest absolute Gasteiger partial charge is 0.303 e. The van der Waals surface area contributed by atoms with Crippen LogP contribution in [0.5, 0.6) is 0 Å². The zero-order chi connectivity index (χ0) is 25.8. The van der Waals surface area contributed by atoms with E-state index in [1.807, 2.05) is 0 Å². The molecule has 0 unspecified atom stereocenters. The van der Waals surface area contributed by atoms with E-state index in [0.29, 0.717) is 6.42 Å². The summed E-state index contributed by atoms with van der Waals surface area (Å²) in [5, 5.41) is 2.64. The number of rotatable bonds is 19. The van der Waals surface area contributed by atoms with Gasteiger partial charge in [-0.25, -0.2) is 0 Å². The van der Waals surface area contributed by atoms with Crippen molar-refractivity contribution in [2.45, 2.75) is 123 Å². The number of esters is 3. The highest BCUT2D eigenvalue weighted by Crippen LogP contribution is 2.18. The molecule has 1 N–H and O–H groups in total. The molecule has 0 saturated heterocycles. The summed E-state index contributed by atoms with van der Waals surface area (Å²) >= 11 is 0. The lowest BCUT2D eigenvalue weighted by atomic mass is 9.99. The summed E-state index contributed by atoms with van der Waals surface area (Å²) in [6.07, 6.45) is 14.4. The third kappa shape index (κ3) is 18.1. The molecule has 0 saturated carbocycles. The van der Waals surface area contributed by atoms with E-state index < -0.39 is 36.2 Å². The molecule has 0 aromatic heterocycles. The molecule has 34 heavy (non-hydrogen) atoms. The van der Waals surface area contributed by atoms with E-state index in [4.69, 9.17) is 14.2 Å². The van der Waals surface area contributed by atoms with Crippen molar-refractivity contribution in [1.82, 2.24) is 5.32 Å². The van der Waals surface area contributed by atoms with E-state index in [0.717, 1.165) is 25.7 Å². The Morgan fingerprint density at radius 3 is 1.82 bits per heavy atom. The third-order valence-corrected chi connectivity index (χ3v) is 5.24. The van der Waals surface area contributed by atoms with E-state index in [1.54, 1.807) is 0 Å². The van der Waals surface area contributed by atoms with Gasteiger partial charge >= 0.3 is 17.9 Å². The Bertz CT molecular complexity index is 633. The first-order valence-corrected chi connectivity index (χ1v) is 12.6. The summed E-state index contributed by atoms with van der Waals surface area (Å²) in [5.74, 6) is -2.02. The first-order chi connectivity index (χ1) is 16.2. The predicted octanol–water partition coefficient (Wildman–Crippen LogP) is 4.78. The number of unbranched alkanes of at least 4 members (excludes halogenated alkanes) is 8. The molecule has 196 valence electrons. The summed E-state index contributed by atoms with van der Waals surface area (Å²) in [4.78, 5) is 46.5. The Labute approximate surface area is 205 Å². The van der Waals surface area contributed by atoms with Crippen molar-refractivity contribution in [3.8, 4) is 0 Å². The van der Waals surface area contributed by atoms with Crippen LogP contribution in [-0.2, 0) is 33.4 Å². The SMILES string of the molecule is CCCCCCCCC=CCCCC[C@@H](OC(C)=O)[C@@H](OC(C)=O)[C@H](COC(C)=O)NC(C)=O. The molecule has 8 heteroatoms. The fourth-order valence-corrected chi connectivity index (χ4v) is 3.68. The minimum absolute atomic E-state index is 0.203. The Kier molecular flexibility index (Phi) is 18.6. The normalized spacial score (nSPS) is 13.7. The Hall–Kier alpha value is -2.38. The molecule has 0 aliphatic heterocycles. The lowest BCUT2D eigenvalue weighted by Crippen LogP contribution is -2.53. The number of hydrogen-bond donors (Lipinski definition) is 1. The summed E-state index contributed by atoms with van der Waals surface area (Å²) < 4.78 is 15.9. The van der Waals surface area contributed by atoms with Gasteiger partial charge in [0.1, 0.15) is 18.8 Å². The van der Waals surface area contributed by atoms with Crippen LogP contribution in [0, 0.1) is 0 Å². The second-order valence-electron chi connectivity index (χ2n) is 8.64. The van der Waals surface area contributed by atoms with Crippen LogP contribution in [0.1, 0.15) is 105 Å². The quantitative estimate of drug-likeness (QED) is 0.122. The minimum Gasteiger partial charge on any atom is -0.464 e. The van der Waals surface area contributed by atoms with Crippen LogP contribution in [0.15, 0.2) is 12.2 Å². The maximum Gasteiger partial charge on any atom is 0.303 e. The highest BCUT2D eigenvalue weighted by molar-refractivity contribution is 5.73. The lowest BCUT2D eigenvalue weighted by Gasteiger charge is -2.32. The van der Waals surface area contributed by atoms with Gasteiger partial charge in [-0.2, -0.15) is 0 Å². The number of carbonyl (C=O) groups is 4. The second-order valence-corrected chi connectivity index (χ2v) is 8.64. The molecule has 0 aromatic carbocycles. The highest BCUT2D eigenvalue weighted by atomic mass is 16.6. The molecular formula is C26H45NO7. The number of ether oxygens (including phenoxy) is 3. The Balaban J connectivity index is 4.85. The van der Waals surface area contributed by atoms with Crippen LogP contribution in [0.4, 0.5) is 0 Å². The monoisotopic (exact) mass is 483 g/mol. The van der Waals surface area contributed by atoms with Crippen molar-refractivity contribution >= 4 is 23.8 Å². The summed E-state index contributed by atoms with van der Waals surface area (Å²) in [5.41, 5.74) is 0. The van der Waals surface area contributed by atoms with Crippen molar-refractivity contribution in [3.63, 3.8) is 0 Å². The maximum atomic E-state index is 11.8. The molecule has 3 atom stereocenters. The van der Waals surface area contributed by atoms with Crippen LogP contribution in [0.25, 0.3) is 0 Å². The van der Waals surface area contributed by atoms with Crippen molar-refractivity contribution in [2.24, 2.45) is 0 Å². The number of nitrogens with one attached hydrogen (secondary N) is 1. The topological polar surface area (TPSA) is 108 Å². The van der Waals surface area contributed by atoms with Gasteiger partial charge in [0.2, 0.25) is 5.91 Å². The van der Waals surface area contributed by atoms with E-state index in [9.17, 15) is 19.2 Å². The van der Waals surface area contributed by atoms with Crippen molar-refractivity contribution < 1.29 is 33.4 Å². The molecule has 0 radical (unpaired) electrons.